The molecule has 0 spiro atoms. The first-order valence-corrected chi connectivity index (χ1v) is 6.10. The molecule has 1 aromatic carbocycles. The third-order valence-corrected chi connectivity index (χ3v) is 3.33. The van der Waals surface area contributed by atoms with Crippen LogP contribution in [0.4, 0.5) is 0 Å². The Labute approximate surface area is 101 Å². The summed E-state index contributed by atoms with van der Waals surface area (Å²) >= 11 is 0. The van der Waals surface area contributed by atoms with Crippen LogP contribution in [0.1, 0.15) is 31.2 Å². The van der Waals surface area contributed by atoms with Crippen molar-refractivity contribution < 1.29 is 14.6 Å². The minimum Gasteiger partial charge on any atom is -0.490 e. The minimum atomic E-state index is -0.727. The predicted molar refractivity (Wildman–Crippen MR) is 65.2 cm³/mol. The molecular formula is C14H18O3. The van der Waals surface area contributed by atoms with Gasteiger partial charge in [0.2, 0.25) is 0 Å². The summed E-state index contributed by atoms with van der Waals surface area (Å²) in [6.45, 7) is 2.03. The standard InChI is InChI=1S/C14H18O3/c1-10-5-7-12(8-6-10)17-13-4-2-3-11(13)9-14(15)16/h5-8,11,13H,2-4,9H2,1H3,(H,15,16). The van der Waals surface area contributed by atoms with Crippen LogP contribution < -0.4 is 4.74 Å². The highest BCUT2D eigenvalue weighted by Gasteiger charge is 2.30. The first-order valence-electron chi connectivity index (χ1n) is 6.10. The Bertz CT molecular complexity index is 383. The fourth-order valence-corrected chi connectivity index (χ4v) is 2.41. The highest BCUT2D eigenvalue weighted by molar-refractivity contribution is 5.67. The van der Waals surface area contributed by atoms with Crippen LogP contribution in [-0.2, 0) is 4.79 Å². The molecule has 2 rings (SSSR count). The van der Waals surface area contributed by atoms with Crippen LogP contribution in [0.2, 0.25) is 0 Å². The molecule has 0 radical (unpaired) electrons. The zero-order valence-corrected chi connectivity index (χ0v) is 10.1. The highest BCUT2D eigenvalue weighted by Crippen LogP contribution is 2.32. The van der Waals surface area contributed by atoms with E-state index in [1.807, 2.05) is 31.2 Å². The van der Waals surface area contributed by atoms with Crippen LogP contribution in [0.15, 0.2) is 24.3 Å². The van der Waals surface area contributed by atoms with E-state index in [0.29, 0.717) is 0 Å². The largest absolute Gasteiger partial charge is 0.490 e. The van der Waals surface area contributed by atoms with Gasteiger partial charge in [0, 0.05) is 5.92 Å². The van der Waals surface area contributed by atoms with Crippen molar-refractivity contribution in [2.45, 2.75) is 38.7 Å². The van der Waals surface area contributed by atoms with Gasteiger partial charge >= 0.3 is 5.97 Å². The molecule has 1 aromatic rings. The molecule has 2 atom stereocenters. The van der Waals surface area contributed by atoms with Gasteiger partial charge in [0.15, 0.2) is 0 Å². The molecule has 0 aromatic heterocycles. The third-order valence-electron chi connectivity index (χ3n) is 3.33. The Morgan fingerprint density at radius 2 is 2.06 bits per heavy atom. The Balaban J connectivity index is 1.97. The van der Waals surface area contributed by atoms with Gasteiger partial charge in [-0.05, 0) is 38.3 Å². The van der Waals surface area contributed by atoms with E-state index >= 15 is 0 Å². The van der Waals surface area contributed by atoms with Crippen LogP contribution in [0, 0.1) is 12.8 Å². The number of benzene rings is 1. The maximum Gasteiger partial charge on any atom is 0.303 e. The van der Waals surface area contributed by atoms with E-state index in [4.69, 9.17) is 9.84 Å². The number of aliphatic carboxylic acids is 1. The summed E-state index contributed by atoms with van der Waals surface area (Å²) in [6, 6.07) is 7.92. The molecule has 3 heteroatoms. The van der Waals surface area contributed by atoms with Crippen molar-refractivity contribution in [1.29, 1.82) is 0 Å². The molecule has 0 aliphatic heterocycles. The molecule has 2 unspecified atom stereocenters. The summed E-state index contributed by atoms with van der Waals surface area (Å²) in [6.07, 6.45) is 3.27. The molecule has 92 valence electrons. The van der Waals surface area contributed by atoms with Crippen molar-refractivity contribution in [3.63, 3.8) is 0 Å². The van der Waals surface area contributed by atoms with Crippen molar-refractivity contribution in [1.82, 2.24) is 0 Å². The van der Waals surface area contributed by atoms with E-state index in [9.17, 15) is 4.79 Å². The van der Waals surface area contributed by atoms with Crippen molar-refractivity contribution >= 4 is 5.97 Å². The van der Waals surface area contributed by atoms with Gasteiger partial charge in [-0.15, -0.1) is 0 Å². The lowest BCUT2D eigenvalue weighted by atomic mass is 10.0. The molecule has 0 bridgehead atoms. The normalized spacial score (nSPS) is 23.6. The SMILES string of the molecule is Cc1ccc(OC2CCCC2CC(=O)O)cc1. The second-order valence-corrected chi connectivity index (χ2v) is 4.76. The maximum absolute atomic E-state index is 10.7. The average Bonchev–Trinajstić information content (AvgIpc) is 2.68. The van der Waals surface area contributed by atoms with E-state index in [0.717, 1.165) is 25.0 Å². The number of carbonyl (C=O) groups is 1. The van der Waals surface area contributed by atoms with E-state index in [2.05, 4.69) is 0 Å². The average molecular weight is 234 g/mol. The second kappa shape index (κ2) is 5.21. The number of hydrogen-bond donors (Lipinski definition) is 1. The Morgan fingerprint density at radius 3 is 2.71 bits per heavy atom. The van der Waals surface area contributed by atoms with Gasteiger partial charge in [-0.2, -0.15) is 0 Å². The number of aryl methyl sites for hydroxylation is 1. The van der Waals surface area contributed by atoms with Crippen molar-refractivity contribution in [2.24, 2.45) is 5.92 Å². The number of rotatable bonds is 4. The van der Waals surface area contributed by atoms with Crippen molar-refractivity contribution in [3.8, 4) is 5.75 Å². The van der Waals surface area contributed by atoms with E-state index < -0.39 is 5.97 Å². The molecule has 3 nitrogen and oxygen atoms in total. The smallest absolute Gasteiger partial charge is 0.303 e. The van der Waals surface area contributed by atoms with E-state index in [-0.39, 0.29) is 18.4 Å². The molecule has 0 heterocycles. The number of carboxylic acid groups (broad SMARTS) is 1. The topological polar surface area (TPSA) is 46.5 Å². The molecule has 1 saturated carbocycles. The van der Waals surface area contributed by atoms with Gasteiger partial charge in [0.1, 0.15) is 11.9 Å². The highest BCUT2D eigenvalue weighted by atomic mass is 16.5. The Kier molecular flexibility index (Phi) is 3.67. The second-order valence-electron chi connectivity index (χ2n) is 4.76. The summed E-state index contributed by atoms with van der Waals surface area (Å²) in [5, 5.41) is 8.84. The van der Waals surface area contributed by atoms with Crippen LogP contribution in [-0.4, -0.2) is 17.2 Å². The van der Waals surface area contributed by atoms with E-state index in [1.54, 1.807) is 0 Å². The maximum atomic E-state index is 10.7. The summed E-state index contributed by atoms with van der Waals surface area (Å²) in [4.78, 5) is 10.7. The molecule has 1 aliphatic carbocycles. The first-order chi connectivity index (χ1) is 8.15. The number of ether oxygens (including phenoxy) is 1. The Hall–Kier alpha value is -1.51. The zero-order valence-electron chi connectivity index (χ0n) is 10.1. The van der Waals surface area contributed by atoms with Crippen molar-refractivity contribution in [2.75, 3.05) is 0 Å². The summed E-state index contributed by atoms with van der Waals surface area (Å²) < 4.78 is 5.88. The van der Waals surface area contributed by atoms with Gasteiger partial charge in [-0.1, -0.05) is 17.7 Å². The van der Waals surface area contributed by atoms with Gasteiger partial charge in [0.05, 0.1) is 6.42 Å². The molecule has 1 N–H and O–H groups in total. The van der Waals surface area contributed by atoms with Crippen molar-refractivity contribution in [3.05, 3.63) is 29.8 Å². The van der Waals surface area contributed by atoms with Gasteiger partial charge in [-0.25, -0.2) is 0 Å². The quantitative estimate of drug-likeness (QED) is 0.871. The molecule has 1 fully saturated rings. The lowest BCUT2D eigenvalue weighted by Gasteiger charge is -2.20. The summed E-state index contributed by atoms with van der Waals surface area (Å²) in [5.74, 6) is 0.279. The monoisotopic (exact) mass is 234 g/mol. The lowest BCUT2D eigenvalue weighted by Crippen LogP contribution is -2.23. The fraction of sp³-hybridized carbons (Fsp3) is 0.500. The van der Waals surface area contributed by atoms with E-state index in [1.165, 1.54) is 5.56 Å². The summed E-state index contributed by atoms with van der Waals surface area (Å²) in [5.41, 5.74) is 1.20. The van der Waals surface area contributed by atoms with Gasteiger partial charge < -0.3 is 9.84 Å². The fourth-order valence-electron chi connectivity index (χ4n) is 2.41. The molecule has 1 aliphatic rings. The predicted octanol–water partition coefficient (Wildman–Crippen LogP) is 3.02. The molecule has 0 saturated heterocycles. The Morgan fingerprint density at radius 1 is 1.35 bits per heavy atom. The molecular weight excluding hydrogens is 216 g/mol. The third kappa shape index (κ3) is 3.22. The number of hydrogen-bond acceptors (Lipinski definition) is 2. The zero-order chi connectivity index (χ0) is 12.3. The minimum absolute atomic E-state index is 0.0637. The first kappa shape index (κ1) is 12.0. The van der Waals surface area contributed by atoms with Gasteiger partial charge in [-0.3, -0.25) is 4.79 Å². The van der Waals surface area contributed by atoms with Crippen LogP contribution >= 0.6 is 0 Å². The number of carboxylic acids is 1. The lowest BCUT2D eigenvalue weighted by molar-refractivity contribution is -0.138. The van der Waals surface area contributed by atoms with Crippen LogP contribution in [0.25, 0.3) is 0 Å². The van der Waals surface area contributed by atoms with Gasteiger partial charge in [0.25, 0.3) is 0 Å². The molecule has 0 amide bonds. The van der Waals surface area contributed by atoms with Crippen LogP contribution in [0.3, 0.4) is 0 Å². The summed E-state index contributed by atoms with van der Waals surface area (Å²) in [7, 11) is 0. The molecule has 17 heavy (non-hydrogen) atoms. The van der Waals surface area contributed by atoms with Crippen LogP contribution in [0.5, 0.6) is 5.75 Å².